The Labute approximate surface area is 219 Å². The van der Waals surface area contributed by atoms with Gasteiger partial charge < -0.3 is 49.1 Å². The zero-order chi connectivity index (χ0) is 28.8. The minimum atomic E-state index is -1.52. The second kappa shape index (κ2) is 15.8. The number of carboxylic acid groups (broad SMARTS) is 1. The van der Waals surface area contributed by atoms with E-state index in [-0.39, 0.29) is 31.8 Å². The lowest BCUT2D eigenvalue weighted by molar-refractivity contribution is -0.142. The summed E-state index contributed by atoms with van der Waals surface area (Å²) in [6, 6.07) is 3.09. The SMILES string of the molecule is CC(O)C(N)C(=O)NC(CC(N)=O)C(=O)NC(CCCN=C(N)N)C(=O)NC(Cc1ccccc1)C(=O)O. The lowest BCUT2D eigenvalue weighted by Crippen LogP contribution is -2.58. The van der Waals surface area contributed by atoms with Gasteiger partial charge in [-0.3, -0.25) is 24.2 Å². The molecule has 5 unspecified atom stereocenters. The number of carboxylic acids is 1. The van der Waals surface area contributed by atoms with Gasteiger partial charge >= 0.3 is 5.97 Å². The molecule has 0 aliphatic heterocycles. The van der Waals surface area contributed by atoms with Crippen molar-refractivity contribution >= 4 is 35.6 Å². The second-order valence-electron chi connectivity index (χ2n) is 8.60. The molecule has 0 aliphatic carbocycles. The molecule has 15 nitrogen and oxygen atoms in total. The number of primary amides is 1. The van der Waals surface area contributed by atoms with Gasteiger partial charge in [-0.15, -0.1) is 0 Å². The summed E-state index contributed by atoms with van der Waals surface area (Å²) in [7, 11) is 0. The van der Waals surface area contributed by atoms with Gasteiger partial charge in [-0.2, -0.15) is 0 Å². The molecule has 0 saturated heterocycles. The Morgan fingerprint density at radius 1 is 0.895 bits per heavy atom. The molecular formula is C23H36N8O7. The van der Waals surface area contributed by atoms with Crippen molar-refractivity contribution in [3.05, 3.63) is 35.9 Å². The number of hydrogen-bond donors (Lipinski definition) is 9. The van der Waals surface area contributed by atoms with Gasteiger partial charge in [0, 0.05) is 13.0 Å². The lowest BCUT2D eigenvalue weighted by atomic mass is 10.0. The molecule has 13 N–H and O–H groups in total. The van der Waals surface area contributed by atoms with E-state index in [1.807, 2.05) is 0 Å². The van der Waals surface area contributed by atoms with Crippen LogP contribution in [0, 0.1) is 0 Å². The first-order chi connectivity index (χ1) is 17.8. The number of guanidine groups is 1. The van der Waals surface area contributed by atoms with Gasteiger partial charge in [0.1, 0.15) is 24.2 Å². The quantitative estimate of drug-likeness (QED) is 0.0568. The number of aliphatic carboxylic acids is 1. The Morgan fingerprint density at radius 3 is 1.97 bits per heavy atom. The van der Waals surface area contributed by atoms with Crippen molar-refractivity contribution in [2.45, 2.75) is 62.9 Å². The first-order valence-electron chi connectivity index (χ1n) is 11.8. The van der Waals surface area contributed by atoms with Crippen molar-refractivity contribution < 1.29 is 34.2 Å². The van der Waals surface area contributed by atoms with Gasteiger partial charge in [0.2, 0.25) is 23.6 Å². The number of carbonyl (C=O) groups is 5. The largest absolute Gasteiger partial charge is 0.480 e. The van der Waals surface area contributed by atoms with E-state index >= 15 is 0 Å². The Morgan fingerprint density at radius 2 is 1.45 bits per heavy atom. The summed E-state index contributed by atoms with van der Waals surface area (Å²) in [5.41, 5.74) is 22.0. The highest BCUT2D eigenvalue weighted by molar-refractivity contribution is 5.96. The molecule has 0 bridgehead atoms. The molecule has 0 heterocycles. The summed E-state index contributed by atoms with van der Waals surface area (Å²) >= 11 is 0. The molecule has 210 valence electrons. The predicted octanol–water partition coefficient (Wildman–Crippen LogP) is -3.59. The summed E-state index contributed by atoms with van der Waals surface area (Å²) in [5.74, 6) is -5.10. The lowest BCUT2D eigenvalue weighted by Gasteiger charge is -2.25. The van der Waals surface area contributed by atoms with Gasteiger partial charge in [-0.05, 0) is 25.3 Å². The summed E-state index contributed by atoms with van der Waals surface area (Å²) < 4.78 is 0. The van der Waals surface area contributed by atoms with Crippen LogP contribution in [-0.4, -0.2) is 82.6 Å². The number of nitrogens with one attached hydrogen (secondary N) is 3. The van der Waals surface area contributed by atoms with Crippen LogP contribution in [0.3, 0.4) is 0 Å². The van der Waals surface area contributed by atoms with Crippen LogP contribution in [0.2, 0.25) is 0 Å². The van der Waals surface area contributed by atoms with Crippen LogP contribution in [0.4, 0.5) is 0 Å². The molecule has 0 radical (unpaired) electrons. The van der Waals surface area contributed by atoms with Crippen LogP contribution in [0.25, 0.3) is 0 Å². The number of nitrogens with zero attached hydrogens (tertiary/aromatic N) is 1. The fourth-order valence-corrected chi connectivity index (χ4v) is 3.26. The molecule has 4 amide bonds. The van der Waals surface area contributed by atoms with Crippen molar-refractivity contribution in [3.63, 3.8) is 0 Å². The van der Waals surface area contributed by atoms with E-state index in [9.17, 15) is 34.2 Å². The summed E-state index contributed by atoms with van der Waals surface area (Å²) in [6.45, 7) is 1.37. The van der Waals surface area contributed by atoms with E-state index in [1.54, 1.807) is 30.3 Å². The number of aliphatic hydroxyl groups is 1. The molecule has 0 saturated carbocycles. The number of amides is 4. The summed E-state index contributed by atoms with van der Waals surface area (Å²) in [5, 5.41) is 26.2. The standard InChI is InChI=1S/C23H36N8O7/c1-12(32)18(25)21(36)30-15(11-17(24)33)20(35)29-14(8-5-9-28-23(26)27)19(34)31-16(22(37)38)10-13-6-3-2-4-7-13/h2-4,6-7,12,14-16,18,32H,5,8-11,25H2,1H3,(H2,24,33)(H,29,35)(H,30,36)(H,31,34)(H,37,38)(H4,26,27,28). The molecule has 15 heteroatoms. The summed E-state index contributed by atoms with van der Waals surface area (Å²) in [6.07, 6.45) is -1.70. The molecule has 0 aliphatic rings. The van der Waals surface area contributed by atoms with E-state index < -0.39 is 66.3 Å². The van der Waals surface area contributed by atoms with Crippen molar-refractivity contribution in [1.29, 1.82) is 0 Å². The normalized spacial score (nSPS) is 14.6. The van der Waals surface area contributed by atoms with Crippen molar-refractivity contribution in [3.8, 4) is 0 Å². The highest BCUT2D eigenvalue weighted by atomic mass is 16.4. The molecule has 1 rings (SSSR count). The fourth-order valence-electron chi connectivity index (χ4n) is 3.26. The van der Waals surface area contributed by atoms with Gasteiger partial charge in [0.15, 0.2) is 5.96 Å². The van der Waals surface area contributed by atoms with E-state index in [2.05, 4.69) is 20.9 Å². The predicted molar refractivity (Wildman–Crippen MR) is 137 cm³/mol. The Bertz CT molecular complexity index is 999. The minimum absolute atomic E-state index is 0.0174. The zero-order valence-electron chi connectivity index (χ0n) is 21.0. The monoisotopic (exact) mass is 536 g/mol. The van der Waals surface area contributed by atoms with Gasteiger partial charge in [0.05, 0.1) is 12.5 Å². The van der Waals surface area contributed by atoms with Crippen LogP contribution in [0.15, 0.2) is 35.3 Å². The van der Waals surface area contributed by atoms with Crippen LogP contribution >= 0.6 is 0 Å². The number of aliphatic hydroxyl groups excluding tert-OH is 1. The third-order valence-corrected chi connectivity index (χ3v) is 5.34. The molecule has 0 spiro atoms. The van der Waals surface area contributed by atoms with Gasteiger partial charge in [0.25, 0.3) is 0 Å². The fraction of sp³-hybridized carbons (Fsp3) is 0.478. The van der Waals surface area contributed by atoms with Crippen LogP contribution in [0.1, 0.15) is 31.7 Å². The maximum Gasteiger partial charge on any atom is 0.326 e. The third-order valence-electron chi connectivity index (χ3n) is 5.34. The molecule has 1 aromatic carbocycles. The van der Waals surface area contributed by atoms with E-state index in [1.165, 1.54) is 6.92 Å². The maximum absolute atomic E-state index is 13.1. The minimum Gasteiger partial charge on any atom is -0.480 e. The number of nitrogens with two attached hydrogens (primary N) is 4. The highest BCUT2D eigenvalue weighted by Crippen LogP contribution is 2.07. The Kier molecular flexibility index (Phi) is 13.2. The van der Waals surface area contributed by atoms with Crippen molar-refractivity contribution in [2.24, 2.45) is 27.9 Å². The van der Waals surface area contributed by atoms with Gasteiger partial charge in [-0.25, -0.2) is 4.79 Å². The number of rotatable bonds is 16. The van der Waals surface area contributed by atoms with Crippen LogP contribution in [0.5, 0.6) is 0 Å². The Balaban J connectivity index is 3.09. The van der Waals surface area contributed by atoms with E-state index in [0.29, 0.717) is 5.56 Å². The van der Waals surface area contributed by atoms with E-state index in [4.69, 9.17) is 22.9 Å². The molecule has 38 heavy (non-hydrogen) atoms. The smallest absolute Gasteiger partial charge is 0.326 e. The molecule has 0 fully saturated rings. The topological polar surface area (TPSA) is 278 Å². The average Bonchev–Trinajstić information content (AvgIpc) is 2.84. The molecule has 5 atom stereocenters. The highest BCUT2D eigenvalue weighted by Gasteiger charge is 2.31. The summed E-state index contributed by atoms with van der Waals surface area (Å²) in [4.78, 5) is 65.4. The number of benzene rings is 1. The van der Waals surface area contributed by atoms with Crippen molar-refractivity contribution in [2.75, 3.05) is 6.54 Å². The number of aliphatic imine (C=N–C) groups is 1. The molecule has 1 aromatic rings. The van der Waals surface area contributed by atoms with Gasteiger partial charge in [-0.1, -0.05) is 30.3 Å². The zero-order valence-corrected chi connectivity index (χ0v) is 21.0. The van der Waals surface area contributed by atoms with Crippen LogP contribution in [-0.2, 0) is 30.4 Å². The number of hydrogen-bond acceptors (Lipinski definition) is 8. The maximum atomic E-state index is 13.1. The number of carbonyl (C=O) groups excluding carboxylic acids is 4. The molecular weight excluding hydrogens is 500 g/mol. The third kappa shape index (κ3) is 11.7. The second-order valence-corrected chi connectivity index (χ2v) is 8.60. The molecule has 0 aromatic heterocycles. The first-order valence-corrected chi connectivity index (χ1v) is 11.8. The van der Waals surface area contributed by atoms with Crippen LogP contribution < -0.4 is 38.9 Å². The van der Waals surface area contributed by atoms with Crippen molar-refractivity contribution in [1.82, 2.24) is 16.0 Å². The Hall–Kier alpha value is -4.24. The van der Waals surface area contributed by atoms with E-state index in [0.717, 1.165) is 0 Å². The first kappa shape index (κ1) is 31.8. The average molecular weight is 537 g/mol.